The number of furan rings is 1. The van der Waals surface area contributed by atoms with Crippen LogP contribution in [-0.2, 0) is 11.3 Å². The molecule has 0 aliphatic heterocycles. The summed E-state index contributed by atoms with van der Waals surface area (Å²) in [6.07, 6.45) is 0.772. The van der Waals surface area contributed by atoms with Gasteiger partial charge in [0.2, 0.25) is 5.91 Å². The number of amides is 1. The smallest absolute Gasteiger partial charge is 0.227 e. The summed E-state index contributed by atoms with van der Waals surface area (Å²) in [5.41, 5.74) is 1.05. The van der Waals surface area contributed by atoms with Gasteiger partial charge in [0.25, 0.3) is 0 Å². The number of nitrogens with one attached hydrogen (secondary N) is 1. The highest BCUT2D eigenvalue weighted by molar-refractivity contribution is 7.13. The zero-order chi connectivity index (χ0) is 16.1. The first-order chi connectivity index (χ1) is 11.3. The van der Waals surface area contributed by atoms with E-state index in [1.807, 2.05) is 66.9 Å². The Bertz CT molecular complexity index is 747. The summed E-state index contributed by atoms with van der Waals surface area (Å²) in [5, 5.41) is 5.00. The van der Waals surface area contributed by atoms with Crippen molar-refractivity contribution in [1.29, 1.82) is 0 Å². The van der Waals surface area contributed by atoms with Crippen molar-refractivity contribution in [1.82, 2.24) is 5.32 Å². The molecule has 0 spiro atoms. The van der Waals surface area contributed by atoms with E-state index in [1.54, 1.807) is 11.3 Å². The number of thiophene rings is 1. The molecule has 23 heavy (non-hydrogen) atoms. The van der Waals surface area contributed by atoms with E-state index >= 15 is 0 Å². The summed E-state index contributed by atoms with van der Waals surface area (Å²) in [4.78, 5) is 13.5. The van der Waals surface area contributed by atoms with Gasteiger partial charge in [-0.15, -0.1) is 11.3 Å². The fourth-order valence-electron chi connectivity index (χ4n) is 2.58. The van der Waals surface area contributed by atoms with Gasteiger partial charge in [-0.05, 0) is 35.6 Å². The molecule has 1 amide bonds. The van der Waals surface area contributed by atoms with E-state index < -0.39 is 0 Å². The number of hydrogen-bond acceptors (Lipinski definition) is 3. The van der Waals surface area contributed by atoms with Crippen LogP contribution in [0.25, 0.3) is 10.6 Å². The molecule has 0 unspecified atom stereocenters. The van der Waals surface area contributed by atoms with E-state index in [9.17, 15) is 4.79 Å². The largest absolute Gasteiger partial charge is 0.458 e. The second kappa shape index (κ2) is 7.29. The average Bonchev–Trinajstić information content (AvgIpc) is 3.26. The molecule has 3 aromatic rings. The number of hydrogen-bond donors (Lipinski definition) is 1. The van der Waals surface area contributed by atoms with Crippen LogP contribution in [0.3, 0.4) is 0 Å². The van der Waals surface area contributed by atoms with Crippen LogP contribution in [0.15, 0.2) is 64.4 Å². The maximum absolute atomic E-state index is 12.4. The van der Waals surface area contributed by atoms with Gasteiger partial charge in [-0.1, -0.05) is 43.3 Å². The highest BCUT2D eigenvalue weighted by atomic mass is 32.1. The van der Waals surface area contributed by atoms with Crippen LogP contribution in [0.2, 0.25) is 0 Å². The minimum absolute atomic E-state index is 0.0350. The first kappa shape index (κ1) is 15.6. The molecule has 0 fully saturated rings. The molecule has 118 valence electrons. The number of benzene rings is 1. The summed E-state index contributed by atoms with van der Waals surface area (Å²) in [7, 11) is 0. The van der Waals surface area contributed by atoms with Crippen molar-refractivity contribution in [2.75, 3.05) is 0 Å². The summed E-state index contributed by atoms with van der Waals surface area (Å²) in [6.45, 7) is 2.44. The standard InChI is InChI=1S/C19H19NO2S/c1-2-16(14-7-4-3-5-8-14)19(21)20-13-15-10-11-17(22-15)18-9-6-12-23-18/h3-12,16H,2,13H2,1H3,(H,20,21)/t16-/m1/s1. The summed E-state index contributed by atoms with van der Waals surface area (Å²) in [5.74, 6) is 1.53. The van der Waals surface area contributed by atoms with Gasteiger partial charge in [0.15, 0.2) is 0 Å². The van der Waals surface area contributed by atoms with Crippen molar-refractivity contribution >= 4 is 17.2 Å². The Kier molecular flexibility index (Phi) is 4.93. The Labute approximate surface area is 140 Å². The molecule has 4 heteroatoms. The zero-order valence-electron chi connectivity index (χ0n) is 13.0. The molecule has 1 atom stereocenters. The van der Waals surface area contributed by atoms with Crippen molar-refractivity contribution in [3.8, 4) is 10.6 Å². The Hall–Kier alpha value is -2.33. The molecule has 1 N–H and O–H groups in total. The van der Waals surface area contributed by atoms with Gasteiger partial charge in [-0.25, -0.2) is 0 Å². The van der Waals surface area contributed by atoms with Crippen molar-refractivity contribution < 1.29 is 9.21 Å². The van der Waals surface area contributed by atoms with Crippen LogP contribution < -0.4 is 5.32 Å². The molecule has 2 aromatic heterocycles. The lowest BCUT2D eigenvalue weighted by Crippen LogP contribution is -2.28. The molecule has 2 heterocycles. The Morgan fingerprint density at radius 3 is 2.65 bits per heavy atom. The monoisotopic (exact) mass is 325 g/mol. The zero-order valence-corrected chi connectivity index (χ0v) is 13.8. The van der Waals surface area contributed by atoms with Gasteiger partial charge in [-0.3, -0.25) is 4.79 Å². The molecule has 0 saturated carbocycles. The molecule has 3 nitrogen and oxygen atoms in total. The normalized spacial score (nSPS) is 12.0. The lowest BCUT2D eigenvalue weighted by atomic mass is 9.96. The van der Waals surface area contributed by atoms with E-state index in [4.69, 9.17) is 4.42 Å². The number of rotatable bonds is 6. The van der Waals surface area contributed by atoms with Gasteiger partial charge in [0.1, 0.15) is 11.5 Å². The maximum Gasteiger partial charge on any atom is 0.227 e. The van der Waals surface area contributed by atoms with Crippen LogP contribution in [0.4, 0.5) is 0 Å². The molecule has 0 radical (unpaired) electrons. The third-order valence-corrected chi connectivity index (χ3v) is 4.67. The summed E-state index contributed by atoms with van der Waals surface area (Å²) in [6, 6.07) is 17.8. The SMILES string of the molecule is CC[C@@H](C(=O)NCc1ccc(-c2cccs2)o1)c1ccccc1. The van der Waals surface area contributed by atoms with E-state index in [-0.39, 0.29) is 11.8 Å². The molecule has 3 rings (SSSR count). The predicted molar refractivity (Wildman–Crippen MR) is 93.3 cm³/mol. The number of carbonyl (C=O) groups excluding carboxylic acids is 1. The molecule has 1 aromatic carbocycles. The fraction of sp³-hybridized carbons (Fsp3) is 0.211. The minimum Gasteiger partial charge on any atom is -0.458 e. The van der Waals surface area contributed by atoms with Crippen molar-refractivity contribution in [2.24, 2.45) is 0 Å². The molecular formula is C19H19NO2S. The van der Waals surface area contributed by atoms with Crippen LogP contribution in [0.1, 0.15) is 30.6 Å². The van der Waals surface area contributed by atoms with Crippen LogP contribution >= 0.6 is 11.3 Å². The molecule has 0 aliphatic carbocycles. The minimum atomic E-state index is -0.122. The highest BCUT2D eigenvalue weighted by Crippen LogP contribution is 2.26. The van der Waals surface area contributed by atoms with Crippen molar-refractivity contribution in [3.05, 3.63) is 71.3 Å². The first-order valence-electron chi connectivity index (χ1n) is 7.73. The van der Waals surface area contributed by atoms with Gasteiger partial charge in [0.05, 0.1) is 17.3 Å². The third kappa shape index (κ3) is 3.71. The fourth-order valence-corrected chi connectivity index (χ4v) is 3.27. The number of carbonyl (C=O) groups is 1. The lowest BCUT2D eigenvalue weighted by molar-refractivity contribution is -0.122. The summed E-state index contributed by atoms with van der Waals surface area (Å²) < 4.78 is 5.79. The molecule has 0 aliphatic rings. The van der Waals surface area contributed by atoms with E-state index in [0.29, 0.717) is 6.54 Å². The Morgan fingerprint density at radius 2 is 1.96 bits per heavy atom. The van der Waals surface area contributed by atoms with Gasteiger partial charge >= 0.3 is 0 Å². The Morgan fingerprint density at radius 1 is 1.13 bits per heavy atom. The third-order valence-electron chi connectivity index (χ3n) is 3.79. The van der Waals surface area contributed by atoms with Crippen LogP contribution in [0.5, 0.6) is 0 Å². The van der Waals surface area contributed by atoms with E-state index in [0.717, 1.165) is 28.4 Å². The first-order valence-corrected chi connectivity index (χ1v) is 8.61. The van der Waals surface area contributed by atoms with Crippen LogP contribution in [0, 0.1) is 0 Å². The Balaban J connectivity index is 1.62. The van der Waals surface area contributed by atoms with Crippen LogP contribution in [-0.4, -0.2) is 5.91 Å². The average molecular weight is 325 g/mol. The molecule has 0 saturated heterocycles. The lowest BCUT2D eigenvalue weighted by Gasteiger charge is -2.14. The van der Waals surface area contributed by atoms with Gasteiger partial charge in [0, 0.05) is 0 Å². The van der Waals surface area contributed by atoms with E-state index in [1.165, 1.54) is 0 Å². The summed E-state index contributed by atoms with van der Waals surface area (Å²) >= 11 is 1.64. The quantitative estimate of drug-likeness (QED) is 0.706. The van der Waals surface area contributed by atoms with Gasteiger partial charge in [-0.2, -0.15) is 0 Å². The predicted octanol–water partition coefficient (Wildman–Crippen LogP) is 4.82. The molecule has 0 bridgehead atoms. The van der Waals surface area contributed by atoms with Gasteiger partial charge < -0.3 is 9.73 Å². The molecular weight excluding hydrogens is 306 g/mol. The second-order valence-corrected chi connectivity index (χ2v) is 6.28. The van der Waals surface area contributed by atoms with Crippen molar-refractivity contribution in [2.45, 2.75) is 25.8 Å². The second-order valence-electron chi connectivity index (χ2n) is 5.33. The maximum atomic E-state index is 12.4. The van der Waals surface area contributed by atoms with Crippen molar-refractivity contribution in [3.63, 3.8) is 0 Å². The highest BCUT2D eigenvalue weighted by Gasteiger charge is 2.18. The van der Waals surface area contributed by atoms with E-state index in [2.05, 4.69) is 5.32 Å². The topological polar surface area (TPSA) is 42.2 Å².